The fraction of sp³-hybridized carbons (Fsp3) is 0.250. The smallest absolute Gasteiger partial charge is 0.150 e. The molecule has 1 aliphatic rings. The van der Waals surface area contributed by atoms with E-state index in [0.717, 1.165) is 41.2 Å². The van der Waals surface area contributed by atoms with Gasteiger partial charge in [-0.05, 0) is 55.7 Å². The molecule has 5 rings (SSSR count). The number of nitrogens with one attached hydrogen (secondary N) is 1. The van der Waals surface area contributed by atoms with Gasteiger partial charge in [0.15, 0.2) is 6.17 Å². The lowest BCUT2D eigenvalue weighted by molar-refractivity contribution is 0.303. The molecule has 0 unspecified atom stereocenters. The van der Waals surface area contributed by atoms with Crippen LogP contribution in [0.15, 0.2) is 72.8 Å². The maximum absolute atomic E-state index is 6.27. The summed E-state index contributed by atoms with van der Waals surface area (Å²) < 4.78 is 8.37. The van der Waals surface area contributed by atoms with Crippen LogP contribution in [0.25, 0.3) is 22.4 Å². The first-order valence-corrected chi connectivity index (χ1v) is 11.4. The van der Waals surface area contributed by atoms with E-state index in [9.17, 15) is 0 Å². The lowest BCUT2D eigenvalue weighted by Crippen LogP contribution is -2.26. The van der Waals surface area contributed by atoms with E-state index in [2.05, 4.69) is 96.6 Å². The van der Waals surface area contributed by atoms with E-state index in [1.165, 1.54) is 22.3 Å². The summed E-state index contributed by atoms with van der Waals surface area (Å²) in [6, 6.07) is 25.8. The molecule has 0 amide bonds. The second kappa shape index (κ2) is 8.54. The van der Waals surface area contributed by atoms with Crippen LogP contribution in [-0.2, 0) is 0 Å². The summed E-state index contributed by atoms with van der Waals surface area (Å²) in [5, 5.41) is 8.58. The molecule has 32 heavy (non-hydrogen) atoms. The van der Waals surface area contributed by atoms with Crippen LogP contribution in [0.5, 0.6) is 5.75 Å². The number of fused-ring (bicyclic) bond motifs is 3. The summed E-state index contributed by atoms with van der Waals surface area (Å²) in [6.45, 7) is 7.06. The number of aromatic nitrogens is 2. The molecule has 0 aliphatic carbocycles. The fourth-order valence-electron chi connectivity index (χ4n) is 4.31. The third-order valence-electron chi connectivity index (χ3n) is 6.04. The van der Waals surface area contributed by atoms with Crippen molar-refractivity contribution in [2.24, 2.45) is 0 Å². The van der Waals surface area contributed by atoms with E-state index in [0.29, 0.717) is 6.61 Å². The molecular formula is C28H29N3O. The Balaban J connectivity index is 1.63. The van der Waals surface area contributed by atoms with Crippen LogP contribution >= 0.6 is 0 Å². The lowest BCUT2D eigenvalue weighted by atomic mass is 9.98. The van der Waals surface area contributed by atoms with Gasteiger partial charge in [-0.25, -0.2) is 4.68 Å². The van der Waals surface area contributed by atoms with Crippen molar-refractivity contribution in [2.45, 2.75) is 39.8 Å². The second-order valence-electron chi connectivity index (χ2n) is 8.53. The van der Waals surface area contributed by atoms with E-state index in [4.69, 9.17) is 9.84 Å². The average molecular weight is 424 g/mol. The molecular weight excluding hydrogens is 394 g/mol. The lowest BCUT2D eigenvalue weighted by Gasteiger charge is -2.30. The maximum Gasteiger partial charge on any atom is 0.150 e. The highest BCUT2D eigenvalue weighted by Gasteiger charge is 2.28. The predicted octanol–water partition coefficient (Wildman–Crippen LogP) is 6.99. The molecule has 0 spiro atoms. The van der Waals surface area contributed by atoms with Crippen molar-refractivity contribution in [2.75, 3.05) is 11.9 Å². The first-order valence-electron chi connectivity index (χ1n) is 11.4. The molecule has 0 fully saturated rings. The molecule has 0 saturated heterocycles. The fourth-order valence-corrected chi connectivity index (χ4v) is 4.31. The zero-order valence-corrected chi connectivity index (χ0v) is 18.9. The summed E-state index contributed by atoms with van der Waals surface area (Å²) in [5.41, 5.74) is 9.15. The van der Waals surface area contributed by atoms with Crippen LogP contribution in [0.3, 0.4) is 0 Å². The van der Waals surface area contributed by atoms with Gasteiger partial charge < -0.3 is 10.1 Å². The number of aryl methyl sites for hydroxylation is 2. The molecule has 0 radical (unpaired) electrons. The second-order valence-corrected chi connectivity index (χ2v) is 8.53. The van der Waals surface area contributed by atoms with E-state index >= 15 is 0 Å². The molecule has 3 aromatic carbocycles. The van der Waals surface area contributed by atoms with Gasteiger partial charge in [0.2, 0.25) is 0 Å². The predicted molar refractivity (Wildman–Crippen MR) is 131 cm³/mol. The van der Waals surface area contributed by atoms with Gasteiger partial charge in [0.05, 0.1) is 18.0 Å². The summed E-state index contributed by atoms with van der Waals surface area (Å²) >= 11 is 0. The molecule has 162 valence electrons. The van der Waals surface area contributed by atoms with Crippen molar-refractivity contribution in [1.29, 1.82) is 0 Å². The minimum Gasteiger partial charge on any atom is -0.493 e. The van der Waals surface area contributed by atoms with Gasteiger partial charge >= 0.3 is 0 Å². The Hall–Kier alpha value is -3.53. The molecule has 1 atom stereocenters. The Bertz CT molecular complexity index is 1240. The van der Waals surface area contributed by atoms with Crippen LogP contribution in [0.2, 0.25) is 0 Å². The Labute approximate surface area is 189 Å². The van der Waals surface area contributed by atoms with Gasteiger partial charge in [-0.3, -0.25) is 0 Å². The van der Waals surface area contributed by atoms with Crippen molar-refractivity contribution >= 4 is 5.69 Å². The summed E-state index contributed by atoms with van der Waals surface area (Å²) in [4.78, 5) is 0. The first kappa shape index (κ1) is 20.4. The molecule has 0 saturated carbocycles. The molecule has 4 aromatic rings. The summed E-state index contributed by atoms with van der Waals surface area (Å²) in [5.74, 6) is 0.908. The monoisotopic (exact) mass is 423 g/mol. The van der Waals surface area contributed by atoms with E-state index in [-0.39, 0.29) is 6.17 Å². The number of unbranched alkanes of at least 4 members (excludes halogenated alkanes) is 1. The zero-order valence-electron chi connectivity index (χ0n) is 18.9. The number of nitrogens with zero attached hydrogens (tertiary/aromatic N) is 2. The normalized spacial score (nSPS) is 14.4. The molecule has 1 aromatic heterocycles. The van der Waals surface area contributed by atoms with Gasteiger partial charge in [-0.2, -0.15) is 5.10 Å². The summed E-state index contributed by atoms with van der Waals surface area (Å²) in [7, 11) is 0. The third-order valence-corrected chi connectivity index (χ3v) is 6.04. The minimum atomic E-state index is -0.143. The van der Waals surface area contributed by atoms with Gasteiger partial charge in [0, 0.05) is 16.8 Å². The van der Waals surface area contributed by atoms with Crippen molar-refractivity contribution < 1.29 is 4.74 Å². The topological polar surface area (TPSA) is 39.1 Å². The highest BCUT2D eigenvalue weighted by Crippen LogP contribution is 2.41. The zero-order chi connectivity index (χ0) is 22.1. The number of para-hydroxylation sites is 1. The van der Waals surface area contributed by atoms with Gasteiger partial charge in [0.1, 0.15) is 5.75 Å². The molecule has 1 N–H and O–H groups in total. The number of anilines is 1. The van der Waals surface area contributed by atoms with E-state index < -0.39 is 0 Å². The van der Waals surface area contributed by atoms with Crippen molar-refractivity contribution in [3.05, 3.63) is 89.6 Å². The maximum atomic E-state index is 6.27. The van der Waals surface area contributed by atoms with E-state index in [1.807, 2.05) is 6.92 Å². The van der Waals surface area contributed by atoms with Crippen molar-refractivity contribution in [1.82, 2.24) is 9.78 Å². The quantitative estimate of drug-likeness (QED) is 0.340. The molecule has 1 aliphatic heterocycles. The molecule has 4 nitrogen and oxygen atoms in total. The van der Waals surface area contributed by atoms with E-state index in [1.54, 1.807) is 0 Å². The van der Waals surface area contributed by atoms with Crippen molar-refractivity contribution in [3.63, 3.8) is 0 Å². The van der Waals surface area contributed by atoms with Gasteiger partial charge in [-0.1, -0.05) is 67.4 Å². The number of rotatable bonds is 6. The molecule has 0 bridgehead atoms. The minimum absolute atomic E-state index is 0.143. The standard InChI is InChI=1S/C28H29N3O/c1-4-5-16-32-27-15-14-22(21-12-10-19(2)11-13-21)18-24(27)28-29-25-9-7-6-8-23(25)26-17-20(3)30-31(26)28/h6-15,17-18,28-29H,4-5,16H2,1-3H3/t28-/m1/s1. The average Bonchev–Trinajstić information content (AvgIpc) is 3.21. The Kier molecular flexibility index (Phi) is 5.44. The number of ether oxygens (including phenoxy) is 1. The van der Waals surface area contributed by atoms with Gasteiger partial charge in [0.25, 0.3) is 0 Å². The van der Waals surface area contributed by atoms with Crippen LogP contribution in [0.4, 0.5) is 5.69 Å². The van der Waals surface area contributed by atoms with Crippen molar-refractivity contribution in [3.8, 4) is 28.1 Å². The van der Waals surface area contributed by atoms with Gasteiger partial charge in [-0.15, -0.1) is 0 Å². The van der Waals surface area contributed by atoms with Crippen LogP contribution in [0.1, 0.15) is 42.8 Å². The largest absolute Gasteiger partial charge is 0.493 e. The SMILES string of the molecule is CCCCOc1ccc(-c2ccc(C)cc2)cc1[C@@H]1Nc2ccccc2-c2cc(C)nn21. The van der Waals surface area contributed by atoms with Crippen LogP contribution < -0.4 is 10.1 Å². The Morgan fingerprint density at radius 3 is 2.53 bits per heavy atom. The van der Waals surface area contributed by atoms with Crippen LogP contribution in [0, 0.1) is 13.8 Å². The highest BCUT2D eigenvalue weighted by molar-refractivity contribution is 5.79. The Morgan fingerprint density at radius 1 is 0.938 bits per heavy atom. The number of benzene rings is 3. The summed E-state index contributed by atoms with van der Waals surface area (Å²) in [6.07, 6.45) is 2.00. The Morgan fingerprint density at radius 2 is 1.72 bits per heavy atom. The number of hydrogen-bond acceptors (Lipinski definition) is 3. The third kappa shape index (κ3) is 3.77. The highest BCUT2D eigenvalue weighted by atomic mass is 16.5. The number of hydrogen-bond donors (Lipinski definition) is 1. The molecule has 2 heterocycles. The molecule has 4 heteroatoms. The van der Waals surface area contributed by atoms with Crippen LogP contribution in [-0.4, -0.2) is 16.4 Å². The first-order chi connectivity index (χ1) is 15.6.